The Morgan fingerprint density at radius 3 is 2.44 bits per heavy atom. The number of aromatic nitrogens is 3. The van der Waals surface area contributed by atoms with Gasteiger partial charge in [0.2, 0.25) is 0 Å². The summed E-state index contributed by atoms with van der Waals surface area (Å²) in [7, 11) is 0. The molecule has 27 heavy (non-hydrogen) atoms. The minimum Gasteiger partial charge on any atom is -0.444 e. The fourth-order valence-corrected chi connectivity index (χ4v) is 2.80. The van der Waals surface area contributed by atoms with E-state index in [0.29, 0.717) is 29.9 Å². The molecular weight excluding hydrogens is 368 g/mol. The molecule has 0 bridgehead atoms. The molecule has 0 atom stereocenters. The Hall–Kier alpha value is -2.61. The Bertz CT molecular complexity index is 785. The van der Waals surface area contributed by atoms with E-state index in [0.717, 1.165) is 18.8 Å². The molecule has 0 aromatic carbocycles. The van der Waals surface area contributed by atoms with Crippen molar-refractivity contribution in [2.75, 3.05) is 36.4 Å². The molecule has 1 N–H and O–H groups in total. The number of ether oxygens (including phenoxy) is 1. The smallest absolute Gasteiger partial charge is 0.410 e. The van der Waals surface area contributed by atoms with Gasteiger partial charge in [-0.15, -0.1) is 0 Å². The van der Waals surface area contributed by atoms with Crippen molar-refractivity contribution in [3.05, 3.63) is 35.9 Å². The normalized spacial score (nSPS) is 14.8. The third kappa shape index (κ3) is 5.43. The van der Waals surface area contributed by atoms with Crippen molar-refractivity contribution in [1.29, 1.82) is 0 Å². The zero-order valence-corrected chi connectivity index (χ0v) is 16.4. The van der Waals surface area contributed by atoms with Crippen LogP contribution in [0.3, 0.4) is 0 Å². The zero-order chi connectivity index (χ0) is 19.4. The summed E-state index contributed by atoms with van der Waals surface area (Å²) in [6, 6.07) is 5.50. The highest BCUT2D eigenvalue weighted by Gasteiger charge is 2.26. The number of pyridine rings is 1. The molecule has 8 nitrogen and oxygen atoms in total. The number of piperazine rings is 1. The molecule has 0 unspecified atom stereocenters. The maximum atomic E-state index is 12.1. The van der Waals surface area contributed by atoms with Crippen molar-refractivity contribution < 1.29 is 9.53 Å². The monoisotopic (exact) mass is 390 g/mol. The summed E-state index contributed by atoms with van der Waals surface area (Å²) in [6.45, 7) is 8.32. The van der Waals surface area contributed by atoms with Gasteiger partial charge in [-0.3, -0.25) is 0 Å². The van der Waals surface area contributed by atoms with E-state index in [1.54, 1.807) is 17.2 Å². The Morgan fingerprint density at radius 1 is 1.11 bits per heavy atom. The highest BCUT2D eigenvalue weighted by Crippen LogP contribution is 2.20. The first-order chi connectivity index (χ1) is 12.8. The zero-order valence-electron chi connectivity index (χ0n) is 15.6. The van der Waals surface area contributed by atoms with E-state index in [1.165, 1.54) is 6.33 Å². The van der Waals surface area contributed by atoms with Gasteiger partial charge in [0.05, 0.1) is 11.9 Å². The van der Waals surface area contributed by atoms with Crippen LogP contribution in [0.4, 0.5) is 22.1 Å². The van der Waals surface area contributed by atoms with Gasteiger partial charge in [-0.2, -0.15) is 0 Å². The molecule has 0 aliphatic carbocycles. The minimum atomic E-state index is -0.477. The first kappa shape index (κ1) is 19.2. The number of hydrogen-bond donors (Lipinski definition) is 1. The van der Waals surface area contributed by atoms with Crippen molar-refractivity contribution in [1.82, 2.24) is 19.9 Å². The van der Waals surface area contributed by atoms with Gasteiger partial charge in [-0.25, -0.2) is 19.7 Å². The van der Waals surface area contributed by atoms with E-state index in [2.05, 4.69) is 25.2 Å². The number of rotatable bonds is 3. The van der Waals surface area contributed by atoms with Gasteiger partial charge >= 0.3 is 6.09 Å². The summed E-state index contributed by atoms with van der Waals surface area (Å²) in [4.78, 5) is 28.4. The first-order valence-corrected chi connectivity index (χ1v) is 9.11. The summed E-state index contributed by atoms with van der Waals surface area (Å²) in [5.41, 5.74) is 0.527. The summed E-state index contributed by atoms with van der Waals surface area (Å²) < 4.78 is 5.43. The van der Waals surface area contributed by atoms with Crippen LogP contribution in [0.25, 0.3) is 0 Å². The van der Waals surface area contributed by atoms with Crippen LogP contribution >= 0.6 is 11.6 Å². The molecule has 2 aromatic heterocycles. The number of halogens is 1. The van der Waals surface area contributed by atoms with E-state index in [4.69, 9.17) is 16.3 Å². The lowest BCUT2D eigenvalue weighted by Gasteiger charge is -2.36. The van der Waals surface area contributed by atoms with Gasteiger partial charge in [-0.05, 0) is 32.9 Å². The van der Waals surface area contributed by atoms with E-state index in [1.807, 2.05) is 32.9 Å². The number of carbonyl (C=O) groups excluding carboxylic acids is 1. The SMILES string of the molecule is CC(C)(C)OC(=O)N1CCN(c2ccc(Nc3cc(Cl)ncn3)nc2)CC1. The lowest BCUT2D eigenvalue weighted by molar-refractivity contribution is 0.0240. The molecule has 3 rings (SSSR count). The fourth-order valence-electron chi connectivity index (χ4n) is 2.65. The number of anilines is 3. The molecule has 2 aromatic rings. The average Bonchev–Trinajstić information content (AvgIpc) is 2.61. The molecule has 1 aliphatic rings. The maximum Gasteiger partial charge on any atom is 0.410 e. The van der Waals surface area contributed by atoms with Crippen LogP contribution in [0.1, 0.15) is 20.8 Å². The van der Waals surface area contributed by atoms with Crippen LogP contribution in [0.15, 0.2) is 30.7 Å². The number of nitrogens with zero attached hydrogens (tertiary/aromatic N) is 5. The van der Waals surface area contributed by atoms with Gasteiger partial charge in [0, 0.05) is 32.2 Å². The molecular formula is C18H23ClN6O2. The molecule has 1 amide bonds. The molecule has 144 valence electrons. The highest BCUT2D eigenvalue weighted by molar-refractivity contribution is 6.29. The van der Waals surface area contributed by atoms with Gasteiger partial charge in [-0.1, -0.05) is 11.6 Å². The predicted molar refractivity (Wildman–Crippen MR) is 105 cm³/mol. The Morgan fingerprint density at radius 2 is 1.85 bits per heavy atom. The van der Waals surface area contributed by atoms with Gasteiger partial charge in [0.15, 0.2) is 0 Å². The third-order valence-corrected chi connectivity index (χ3v) is 4.14. The number of carbonyl (C=O) groups is 1. The van der Waals surface area contributed by atoms with Crippen LogP contribution in [0.2, 0.25) is 5.15 Å². The number of amides is 1. The minimum absolute atomic E-state index is 0.261. The molecule has 1 fully saturated rings. The Kier molecular flexibility index (Phi) is 5.65. The Labute approximate surface area is 163 Å². The third-order valence-electron chi connectivity index (χ3n) is 3.93. The van der Waals surface area contributed by atoms with Crippen molar-refractivity contribution in [3.8, 4) is 0 Å². The Balaban J connectivity index is 1.55. The van der Waals surface area contributed by atoms with Gasteiger partial charge < -0.3 is 19.9 Å². The van der Waals surface area contributed by atoms with Crippen LogP contribution in [0, 0.1) is 0 Å². The van der Waals surface area contributed by atoms with Crippen molar-refractivity contribution in [2.45, 2.75) is 26.4 Å². The largest absolute Gasteiger partial charge is 0.444 e. The summed E-state index contributed by atoms with van der Waals surface area (Å²) >= 11 is 5.85. The van der Waals surface area contributed by atoms with E-state index in [9.17, 15) is 4.79 Å². The molecule has 0 saturated carbocycles. The van der Waals surface area contributed by atoms with Crippen molar-refractivity contribution in [2.24, 2.45) is 0 Å². The number of hydrogen-bond acceptors (Lipinski definition) is 7. The fraction of sp³-hybridized carbons (Fsp3) is 0.444. The summed E-state index contributed by atoms with van der Waals surface area (Å²) in [5.74, 6) is 1.25. The van der Waals surface area contributed by atoms with Crippen LogP contribution < -0.4 is 10.2 Å². The van der Waals surface area contributed by atoms with Gasteiger partial charge in [0.25, 0.3) is 0 Å². The summed E-state index contributed by atoms with van der Waals surface area (Å²) in [6.07, 6.45) is 2.93. The predicted octanol–water partition coefficient (Wildman–Crippen LogP) is 3.33. The second-order valence-electron chi connectivity index (χ2n) is 7.21. The van der Waals surface area contributed by atoms with Crippen molar-refractivity contribution in [3.63, 3.8) is 0 Å². The second-order valence-corrected chi connectivity index (χ2v) is 7.59. The van der Waals surface area contributed by atoms with E-state index >= 15 is 0 Å². The molecule has 0 radical (unpaired) electrons. The standard InChI is InChI=1S/C18H23ClN6O2/c1-18(2,3)27-17(26)25-8-6-24(7-9-25)13-4-5-15(20-11-13)23-16-10-14(19)21-12-22-16/h4-5,10-12H,6-9H2,1-3H3,(H,20,21,22,23). The number of nitrogens with one attached hydrogen (secondary N) is 1. The highest BCUT2D eigenvalue weighted by atomic mass is 35.5. The molecule has 9 heteroatoms. The topological polar surface area (TPSA) is 83.5 Å². The molecule has 1 aliphatic heterocycles. The van der Waals surface area contributed by atoms with Crippen LogP contribution in [0.5, 0.6) is 0 Å². The molecule has 1 saturated heterocycles. The van der Waals surface area contributed by atoms with E-state index in [-0.39, 0.29) is 6.09 Å². The first-order valence-electron chi connectivity index (χ1n) is 8.74. The molecule has 3 heterocycles. The van der Waals surface area contributed by atoms with Crippen LogP contribution in [-0.2, 0) is 4.74 Å². The lowest BCUT2D eigenvalue weighted by Crippen LogP contribution is -2.50. The maximum absolute atomic E-state index is 12.1. The van der Waals surface area contributed by atoms with E-state index < -0.39 is 5.60 Å². The quantitative estimate of drug-likeness (QED) is 0.804. The summed E-state index contributed by atoms with van der Waals surface area (Å²) in [5, 5.41) is 3.45. The second kappa shape index (κ2) is 7.96. The van der Waals surface area contributed by atoms with Crippen molar-refractivity contribution >= 4 is 35.0 Å². The lowest BCUT2D eigenvalue weighted by atomic mass is 10.2. The van der Waals surface area contributed by atoms with Crippen LogP contribution in [-0.4, -0.2) is 57.7 Å². The van der Waals surface area contributed by atoms with Gasteiger partial charge in [0.1, 0.15) is 28.7 Å². The molecule has 0 spiro atoms. The average molecular weight is 391 g/mol.